The first kappa shape index (κ1) is 22.7. The number of guanidine groups is 1. The molecule has 146 valence electrons. The van der Waals surface area contributed by atoms with Crippen LogP contribution >= 0.6 is 24.0 Å². The second-order valence-corrected chi connectivity index (χ2v) is 7.39. The van der Waals surface area contributed by atoms with Crippen molar-refractivity contribution in [1.82, 2.24) is 15.5 Å². The molecule has 0 aromatic heterocycles. The number of aliphatic imine (C=N–C) groups is 1. The highest BCUT2D eigenvalue weighted by Gasteiger charge is 2.28. The Hall–Kier alpha value is -0.340. The van der Waals surface area contributed by atoms with Gasteiger partial charge in [0.2, 0.25) is 0 Å². The first-order valence-corrected chi connectivity index (χ1v) is 9.65. The summed E-state index contributed by atoms with van der Waals surface area (Å²) in [5.74, 6) is 0.940. The van der Waals surface area contributed by atoms with E-state index in [1.54, 1.807) is 5.57 Å². The maximum atomic E-state index is 5.46. The zero-order valence-corrected chi connectivity index (χ0v) is 18.6. The lowest BCUT2D eigenvalue weighted by molar-refractivity contribution is -0.00683. The van der Waals surface area contributed by atoms with E-state index in [2.05, 4.69) is 42.4 Å². The average Bonchev–Trinajstić information content (AvgIpc) is 2.61. The number of halogens is 1. The number of morpholine rings is 1. The Bertz CT molecular complexity index is 431. The van der Waals surface area contributed by atoms with Crippen LogP contribution in [0.1, 0.15) is 52.9 Å². The van der Waals surface area contributed by atoms with Gasteiger partial charge in [-0.1, -0.05) is 11.6 Å². The molecule has 0 bridgehead atoms. The van der Waals surface area contributed by atoms with Crippen LogP contribution in [0.25, 0.3) is 0 Å². The van der Waals surface area contributed by atoms with Gasteiger partial charge < -0.3 is 15.4 Å². The molecule has 0 aromatic rings. The van der Waals surface area contributed by atoms with Gasteiger partial charge in [-0.05, 0) is 52.9 Å². The van der Waals surface area contributed by atoms with E-state index < -0.39 is 0 Å². The van der Waals surface area contributed by atoms with E-state index in [4.69, 9.17) is 9.73 Å². The highest BCUT2D eigenvalue weighted by molar-refractivity contribution is 14.0. The van der Waals surface area contributed by atoms with Gasteiger partial charge in [0.25, 0.3) is 0 Å². The van der Waals surface area contributed by atoms with Crippen LogP contribution in [0.15, 0.2) is 16.6 Å². The third kappa shape index (κ3) is 8.26. The van der Waals surface area contributed by atoms with Gasteiger partial charge in [-0.2, -0.15) is 0 Å². The lowest BCUT2D eigenvalue weighted by Gasteiger charge is -2.39. The predicted molar refractivity (Wildman–Crippen MR) is 117 cm³/mol. The molecule has 0 aromatic carbocycles. The highest BCUT2D eigenvalue weighted by Crippen LogP contribution is 2.19. The number of nitrogens with one attached hydrogen (secondary N) is 2. The molecule has 5 nitrogen and oxygen atoms in total. The van der Waals surface area contributed by atoms with Crippen LogP contribution in [-0.4, -0.2) is 62.3 Å². The van der Waals surface area contributed by atoms with Crippen molar-refractivity contribution in [3.05, 3.63) is 11.6 Å². The molecule has 2 N–H and O–H groups in total. The predicted octanol–water partition coefficient (Wildman–Crippen LogP) is 3.16. The average molecular weight is 464 g/mol. The molecule has 2 aliphatic rings. The van der Waals surface area contributed by atoms with E-state index in [1.807, 2.05) is 0 Å². The second kappa shape index (κ2) is 12.1. The fourth-order valence-electron chi connectivity index (χ4n) is 3.36. The smallest absolute Gasteiger partial charge is 0.191 e. The van der Waals surface area contributed by atoms with Crippen LogP contribution in [-0.2, 0) is 4.74 Å². The Balaban J connectivity index is 0.00000312. The molecule has 0 radical (unpaired) electrons. The molecule has 0 unspecified atom stereocenters. The summed E-state index contributed by atoms with van der Waals surface area (Å²) in [7, 11) is 0. The summed E-state index contributed by atoms with van der Waals surface area (Å²) in [6.07, 6.45) is 8.82. The number of allylic oxidation sites excluding steroid dienone is 1. The highest BCUT2D eigenvalue weighted by atomic mass is 127. The molecule has 0 spiro atoms. The first-order chi connectivity index (χ1) is 11.6. The number of hydrogen-bond acceptors (Lipinski definition) is 3. The van der Waals surface area contributed by atoms with Gasteiger partial charge in [0.15, 0.2) is 5.96 Å². The van der Waals surface area contributed by atoms with Crippen LogP contribution in [0.3, 0.4) is 0 Å². The summed E-state index contributed by atoms with van der Waals surface area (Å²) >= 11 is 0. The Morgan fingerprint density at radius 1 is 1.24 bits per heavy atom. The fourth-order valence-corrected chi connectivity index (χ4v) is 3.36. The molecule has 1 fully saturated rings. The van der Waals surface area contributed by atoms with E-state index >= 15 is 0 Å². The topological polar surface area (TPSA) is 48.9 Å². The molecule has 25 heavy (non-hydrogen) atoms. The molecule has 1 heterocycles. The second-order valence-electron chi connectivity index (χ2n) is 7.39. The minimum absolute atomic E-state index is 0. The minimum atomic E-state index is 0. The van der Waals surface area contributed by atoms with Crippen molar-refractivity contribution in [2.24, 2.45) is 4.99 Å². The Kier molecular flexibility index (Phi) is 11.0. The van der Waals surface area contributed by atoms with Crippen molar-refractivity contribution in [3.8, 4) is 0 Å². The molecule has 1 saturated heterocycles. The quantitative estimate of drug-likeness (QED) is 0.263. The molecular weight excluding hydrogens is 427 g/mol. The minimum Gasteiger partial charge on any atom is -0.379 e. The van der Waals surface area contributed by atoms with E-state index in [0.29, 0.717) is 0 Å². The third-order valence-corrected chi connectivity index (χ3v) is 4.96. The molecule has 0 atom stereocenters. The van der Waals surface area contributed by atoms with Gasteiger partial charge in [0.1, 0.15) is 0 Å². The SMILES string of the molecule is CCNC(=NCC(C)(C)N1CCOCC1)NCCC1=CCCCC1.I. The maximum absolute atomic E-state index is 5.46. The zero-order valence-electron chi connectivity index (χ0n) is 16.3. The zero-order chi connectivity index (χ0) is 17.3. The molecular formula is C19H37IN4O. The normalized spacial score (nSPS) is 19.8. The molecule has 2 rings (SSSR count). The maximum Gasteiger partial charge on any atom is 0.191 e. The van der Waals surface area contributed by atoms with E-state index in [1.165, 1.54) is 25.7 Å². The van der Waals surface area contributed by atoms with E-state index in [9.17, 15) is 0 Å². The molecule has 1 aliphatic carbocycles. The Labute approximate surface area is 171 Å². The Morgan fingerprint density at radius 2 is 2.00 bits per heavy atom. The largest absolute Gasteiger partial charge is 0.379 e. The van der Waals surface area contributed by atoms with Crippen LogP contribution in [0.5, 0.6) is 0 Å². The van der Waals surface area contributed by atoms with Gasteiger partial charge in [0.05, 0.1) is 19.8 Å². The van der Waals surface area contributed by atoms with Crippen LogP contribution in [0.2, 0.25) is 0 Å². The number of nitrogens with zero attached hydrogens (tertiary/aromatic N) is 2. The van der Waals surface area contributed by atoms with Crippen molar-refractivity contribution in [2.45, 2.75) is 58.4 Å². The summed E-state index contributed by atoms with van der Waals surface area (Å²) in [6, 6.07) is 0. The van der Waals surface area contributed by atoms with Gasteiger partial charge in [-0.15, -0.1) is 24.0 Å². The molecule has 6 heteroatoms. The van der Waals surface area contributed by atoms with Crippen molar-refractivity contribution in [3.63, 3.8) is 0 Å². The number of hydrogen-bond donors (Lipinski definition) is 2. The summed E-state index contributed by atoms with van der Waals surface area (Å²) in [4.78, 5) is 7.32. The number of ether oxygens (including phenoxy) is 1. The van der Waals surface area contributed by atoms with Crippen LogP contribution < -0.4 is 10.6 Å². The fraction of sp³-hybridized carbons (Fsp3) is 0.842. The van der Waals surface area contributed by atoms with Crippen LogP contribution in [0.4, 0.5) is 0 Å². The van der Waals surface area contributed by atoms with Crippen LogP contribution in [0, 0.1) is 0 Å². The molecule has 1 aliphatic heterocycles. The lowest BCUT2D eigenvalue weighted by Crippen LogP contribution is -2.52. The van der Waals surface area contributed by atoms with E-state index in [0.717, 1.165) is 58.3 Å². The standard InChI is InChI=1S/C19H36N4O.HI/c1-4-20-18(21-11-10-17-8-6-5-7-9-17)22-16-19(2,3)23-12-14-24-15-13-23;/h8H,4-7,9-16H2,1-3H3,(H2,20,21,22);1H. The Morgan fingerprint density at radius 3 is 2.64 bits per heavy atom. The summed E-state index contributed by atoms with van der Waals surface area (Å²) in [6.45, 7) is 13.0. The van der Waals surface area contributed by atoms with E-state index in [-0.39, 0.29) is 29.5 Å². The van der Waals surface area contributed by atoms with Crippen molar-refractivity contribution in [2.75, 3.05) is 45.9 Å². The van der Waals surface area contributed by atoms with Gasteiger partial charge in [-0.3, -0.25) is 9.89 Å². The van der Waals surface area contributed by atoms with Crippen molar-refractivity contribution in [1.29, 1.82) is 0 Å². The summed E-state index contributed by atoms with van der Waals surface area (Å²) in [5.41, 5.74) is 1.68. The first-order valence-electron chi connectivity index (χ1n) is 9.65. The number of rotatable bonds is 7. The monoisotopic (exact) mass is 464 g/mol. The van der Waals surface area contributed by atoms with Gasteiger partial charge in [-0.25, -0.2) is 0 Å². The third-order valence-electron chi connectivity index (χ3n) is 4.96. The molecule has 0 amide bonds. The van der Waals surface area contributed by atoms with Crippen molar-refractivity contribution >= 4 is 29.9 Å². The van der Waals surface area contributed by atoms with Gasteiger partial charge in [0, 0.05) is 31.7 Å². The van der Waals surface area contributed by atoms with Gasteiger partial charge >= 0.3 is 0 Å². The summed E-state index contributed by atoms with van der Waals surface area (Å²) in [5, 5.41) is 6.87. The lowest BCUT2D eigenvalue weighted by atomic mass is 9.97. The van der Waals surface area contributed by atoms with Crippen molar-refractivity contribution < 1.29 is 4.74 Å². The molecule has 0 saturated carbocycles. The summed E-state index contributed by atoms with van der Waals surface area (Å²) < 4.78 is 5.46.